The van der Waals surface area contributed by atoms with Gasteiger partial charge < -0.3 is 19.1 Å². The summed E-state index contributed by atoms with van der Waals surface area (Å²) in [7, 11) is 0. The van der Waals surface area contributed by atoms with Crippen molar-refractivity contribution in [3.63, 3.8) is 0 Å². The number of pyridine rings is 1. The van der Waals surface area contributed by atoms with E-state index in [1.54, 1.807) is 0 Å². The van der Waals surface area contributed by atoms with E-state index in [1.165, 1.54) is 25.7 Å². The lowest BCUT2D eigenvalue weighted by Crippen LogP contribution is -2.32. The fourth-order valence-corrected chi connectivity index (χ4v) is 4.24. The number of likely N-dealkylation sites (tertiary alicyclic amines) is 1. The molecule has 4 heterocycles. The highest BCUT2D eigenvalue weighted by molar-refractivity contribution is 5.93. The van der Waals surface area contributed by atoms with Crippen LogP contribution in [0.25, 0.3) is 0 Å². The lowest BCUT2D eigenvalue weighted by molar-refractivity contribution is 0.0761. The number of nitrogens with zero attached hydrogens (tertiary/aromatic N) is 4. The fraction of sp³-hybridized carbons (Fsp3) is 0.524. The Balaban J connectivity index is 1.26. The topological polar surface area (TPSA) is 50.6 Å². The van der Waals surface area contributed by atoms with Crippen molar-refractivity contribution < 1.29 is 9.53 Å². The van der Waals surface area contributed by atoms with Crippen molar-refractivity contribution in [3.05, 3.63) is 42.4 Å². The van der Waals surface area contributed by atoms with Crippen LogP contribution in [-0.4, -0.2) is 52.6 Å². The number of carbonyl (C=O) groups is 1. The number of rotatable bonds is 5. The Morgan fingerprint density at radius 1 is 1.07 bits per heavy atom. The highest BCUT2D eigenvalue weighted by Crippen LogP contribution is 2.36. The van der Waals surface area contributed by atoms with Gasteiger partial charge in [0.2, 0.25) is 0 Å². The average Bonchev–Trinajstić information content (AvgIpc) is 3.13. The Morgan fingerprint density at radius 3 is 2.74 bits per heavy atom. The normalized spacial score (nSPS) is 22.4. The van der Waals surface area contributed by atoms with Gasteiger partial charge in [-0.2, -0.15) is 0 Å². The summed E-state index contributed by atoms with van der Waals surface area (Å²) in [6.07, 6.45) is 9.55. The Kier molecular flexibility index (Phi) is 4.26. The smallest absolute Gasteiger partial charge is 0.270 e. The summed E-state index contributed by atoms with van der Waals surface area (Å²) >= 11 is 0. The second-order valence-corrected chi connectivity index (χ2v) is 7.83. The second kappa shape index (κ2) is 6.91. The van der Waals surface area contributed by atoms with Crippen molar-refractivity contribution in [1.82, 2.24) is 14.5 Å². The molecule has 0 unspecified atom stereocenters. The van der Waals surface area contributed by atoms with E-state index < -0.39 is 0 Å². The van der Waals surface area contributed by atoms with Gasteiger partial charge in [-0.05, 0) is 49.9 Å². The largest absolute Gasteiger partial charge is 0.485 e. The van der Waals surface area contributed by atoms with E-state index in [0.717, 1.165) is 43.3 Å². The number of hydrogen-bond acceptors (Lipinski definition) is 4. The van der Waals surface area contributed by atoms with Gasteiger partial charge in [0.1, 0.15) is 11.8 Å². The minimum atomic E-state index is 0.0313. The molecule has 1 aliphatic carbocycles. The number of aromatic nitrogens is 2. The molecule has 0 spiro atoms. The third-order valence-corrected chi connectivity index (χ3v) is 5.82. The highest BCUT2D eigenvalue weighted by Gasteiger charge is 2.33. The van der Waals surface area contributed by atoms with Crippen LogP contribution in [0, 0.1) is 0 Å². The Morgan fingerprint density at radius 2 is 1.93 bits per heavy atom. The minimum absolute atomic E-state index is 0.0313. The molecule has 2 saturated heterocycles. The summed E-state index contributed by atoms with van der Waals surface area (Å²) in [5.74, 6) is 1.92. The zero-order valence-electron chi connectivity index (χ0n) is 15.6. The molecule has 0 bridgehead atoms. The second-order valence-electron chi connectivity index (χ2n) is 7.83. The molecule has 0 aromatic carbocycles. The lowest BCUT2D eigenvalue weighted by atomic mass is 10.3. The number of anilines is 1. The number of ether oxygens (including phenoxy) is 1. The third-order valence-electron chi connectivity index (χ3n) is 5.82. The van der Waals surface area contributed by atoms with Gasteiger partial charge in [-0.15, -0.1) is 0 Å². The van der Waals surface area contributed by atoms with Crippen LogP contribution >= 0.6 is 0 Å². The van der Waals surface area contributed by atoms with E-state index in [1.807, 2.05) is 41.6 Å². The van der Waals surface area contributed by atoms with Gasteiger partial charge in [-0.3, -0.25) is 4.79 Å². The first kappa shape index (κ1) is 16.7. The van der Waals surface area contributed by atoms with E-state index in [9.17, 15) is 4.79 Å². The highest BCUT2D eigenvalue weighted by atomic mass is 16.5. The summed E-state index contributed by atoms with van der Waals surface area (Å²) in [4.78, 5) is 21.8. The first-order valence-electron chi connectivity index (χ1n) is 10.1. The molecule has 1 atom stereocenters. The quantitative estimate of drug-likeness (QED) is 0.816. The molecule has 0 radical (unpaired) electrons. The molecule has 2 aromatic rings. The molecule has 1 saturated carbocycles. The Hall–Kier alpha value is -2.50. The van der Waals surface area contributed by atoms with Gasteiger partial charge in [0, 0.05) is 44.5 Å². The third kappa shape index (κ3) is 3.29. The molecule has 27 heavy (non-hydrogen) atoms. The van der Waals surface area contributed by atoms with E-state index >= 15 is 0 Å². The van der Waals surface area contributed by atoms with E-state index in [-0.39, 0.29) is 12.0 Å². The Bertz CT molecular complexity index is 823. The minimum Gasteiger partial charge on any atom is -0.485 e. The molecule has 3 fully saturated rings. The van der Waals surface area contributed by atoms with Crippen LogP contribution in [0.4, 0.5) is 5.82 Å². The van der Waals surface area contributed by atoms with Crippen LogP contribution in [0.2, 0.25) is 0 Å². The van der Waals surface area contributed by atoms with Gasteiger partial charge >= 0.3 is 0 Å². The zero-order chi connectivity index (χ0) is 18.2. The first-order valence-corrected chi connectivity index (χ1v) is 10.1. The summed E-state index contributed by atoms with van der Waals surface area (Å²) < 4.78 is 8.44. The first-order chi connectivity index (χ1) is 13.3. The fourth-order valence-electron chi connectivity index (χ4n) is 4.24. The van der Waals surface area contributed by atoms with E-state index in [2.05, 4.69) is 14.5 Å². The van der Waals surface area contributed by atoms with Crippen molar-refractivity contribution in [3.8, 4) is 5.75 Å². The van der Waals surface area contributed by atoms with Crippen molar-refractivity contribution >= 4 is 11.7 Å². The van der Waals surface area contributed by atoms with Crippen molar-refractivity contribution in [1.29, 1.82) is 0 Å². The summed E-state index contributed by atoms with van der Waals surface area (Å²) in [5.41, 5.74) is 0.817. The summed E-state index contributed by atoms with van der Waals surface area (Å²) in [5, 5.41) is 0. The van der Waals surface area contributed by atoms with Crippen LogP contribution < -0.4 is 9.64 Å². The summed E-state index contributed by atoms with van der Waals surface area (Å²) in [6.45, 7) is 3.48. The summed E-state index contributed by atoms with van der Waals surface area (Å²) in [6, 6.07) is 8.38. The van der Waals surface area contributed by atoms with Crippen LogP contribution in [0.5, 0.6) is 5.75 Å². The molecule has 6 nitrogen and oxygen atoms in total. The molecule has 2 aromatic heterocycles. The SMILES string of the molecule is O=C(c1cccn1C1CC1)N1CC[C@H](Oc2cccnc2N2CCCC2)C1. The van der Waals surface area contributed by atoms with Crippen LogP contribution in [0.3, 0.4) is 0 Å². The molecule has 5 rings (SSSR count). The molecular formula is C21H26N4O2. The maximum atomic E-state index is 13.0. The number of amides is 1. The molecule has 0 N–H and O–H groups in total. The van der Waals surface area contributed by atoms with E-state index in [4.69, 9.17) is 4.74 Å². The predicted octanol–water partition coefficient (Wildman–Crippen LogP) is 3.11. The van der Waals surface area contributed by atoms with Gasteiger partial charge in [0.05, 0.1) is 6.54 Å². The van der Waals surface area contributed by atoms with Gasteiger partial charge in [0.15, 0.2) is 11.6 Å². The lowest BCUT2D eigenvalue weighted by Gasteiger charge is -2.22. The zero-order valence-corrected chi connectivity index (χ0v) is 15.6. The van der Waals surface area contributed by atoms with Gasteiger partial charge in [0.25, 0.3) is 5.91 Å². The molecule has 6 heteroatoms. The Labute approximate surface area is 159 Å². The van der Waals surface area contributed by atoms with Crippen molar-refractivity contribution in [2.45, 2.75) is 44.2 Å². The van der Waals surface area contributed by atoms with Gasteiger partial charge in [-0.25, -0.2) is 4.98 Å². The molecular weight excluding hydrogens is 340 g/mol. The number of hydrogen-bond donors (Lipinski definition) is 0. The van der Waals surface area contributed by atoms with E-state index in [0.29, 0.717) is 12.6 Å². The standard InChI is InChI=1S/C21H26N4O2/c26-21(18-5-4-13-25(18)16-7-8-16)24-14-9-17(15-24)27-19-6-3-10-22-20(19)23-11-1-2-12-23/h3-6,10,13,16-17H,1-2,7-9,11-12,14-15H2/t17-/m0/s1. The van der Waals surface area contributed by atoms with Crippen molar-refractivity contribution in [2.24, 2.45) is 0 Å². The molecule has 142 valence electrons. The monoisotopic (exact) mass is 366 g/mol. The van der Waals surface area contributed by atoms with Gasteiger partial charge in [-0.1, -0.05) is 0 Å². The maximum Gasteiger partial charge on any atom is 0.270 e. The van der Waals surface area contributed by atoms with Crippen LogP contribution in [0.15, 0.2) is 36.7 Å². The average molecular weight is 366 g/mol. The van der Waals surface area contributed by atoms with Crippen LogP contribution in [0.1, 0.15) is 48.6 Å². The molecule has 2 aliphatic heterocycles. The maximum absolute atomic E-state index is 13.0. The van der Waals surface area contributed by atoms with Crippen molar-refractivity contribution in [2.75, 3.05) is 31.1 Å². The molecule has 3 aliphatic rings. The van der Waals surface area contributed by atoms with Crippen LogP contribution in [-0.2, 0) is 0 Å². The predicted molar refractivity (Wildman–Crippen MR) is 103 cm³/mol. The number of carbonyl (C=O) groups excluding carboxylic acids is 1. The molecule has 1 amide bonds.